The Bertz CT molecular complexity index is 985. The number of hydrogen-bond acceptors (Lipinski definition) is 4. The van der Waals surface area contributed by atoms with Crippen LogP contribution in [0.15, 0.2) is 48.5 Å². The number of ether oxygens (including phenoxy) is 1. The van der Waals surface area contributed by atoms with Gasteiger partial charge in [-0.1, -0.05) is 48.5 Å². The van der Waals surface area contributed by atoms with Crippen molar-refractivity contribution in [2.75, 3.05) is 13.2 Å². The quantitative estimate of drug-likeness (QED) is 0.537. The van der Waals surface area contributed by atoms with Crippen molar-refractivity contribution in [2.45, 2.75) is 44.6 Å². The van der Waals surface area contributed by atoms with Gasteiger partial charge in [-0.25, -0.2) is 4.79 Å². The summed E-state index contributed by atoms with van der Waals surface area (Å²) in [5.74, 6) is -0.352. The van der Waals surface area contributed by atoms with E-state index >= 15 is 0 Å². The lowest BCUT2D eigenvalue weighted by molar-refractivity contribution is -0.139. The molecule has 1 fully saturated rings. The molecular formula is C26H30N2O5. The van der Waals surface area contributed by atoms with Gasteiger partial charge < -0.3 is 20.5 Å². The Kier molecular flexibility index (Phi) is 6.96. The normalized spacial score (nSPS) is 19.5. The van der Waals surface area contributed by atoms with E-state index in [-0.39, 0.29) is 43.2 Å². The number of carboxylic acids is 1. The molecule has 0 saturated heterocycles. The zero-order valence-corrected chi connectivity index (χ0v) is 18.8. The lowest BCUT2D eigenvalue weighted by Gasteiger charge is -2.34. The minimum Gasteiger partial charge on any atom is -0.481 e. The van der Waals surface area contributed by atoms with Crippen LogP contribution < -0.4 is 10.6 Å². The molecule has 2 aromatic carbocycles. The third-order valence-electron chi connectivity index (χ3n) is 6.58. The molecule has 2 aliphatic rings. The number of carbonyl (C=O) groups is 3. The minimum atomic E-state index is -0.768. The van der Waals surface area contributed by atoms with E-state index in [1.807, 2.05) is 24.3 Å². The topological polar surface area (TPSA) is 105 Å². The second-order valence-electron chi connectivity index (χ2n) is 9.18. The number of aliphatic carboxylic acids is 1. The summed E-state index contributed by atoms with van der Waals surface area (Å²) in [4.78, 5) is 35.2. The highest BCUT2D eigenvalue weighted by Crippen LogP contribution is 2.44. The first-order chi connectivity index (χ1) is 15.9. The zero-order valence-electron chi connectivity index (χ0n) is 18.8. The summed E-state index contributed by atoms with van der Waals surface area (Å²) < 4.78 is 5.53. The van der Waals surface area contributed by atoms with Crippen molar-refractivity contribution in [3.05, 3.63) is 59.7 Å². The monoisotopic (exact) mass is 450 g/mol. The number of alkyl carbamates (subject to hydrolysis) is 1. The highest BCUT2D eigenvalue weighted by atomic mass is 16.5. The maximum Gasteiger partial charge on any atom is 0.407 e. The van der Waals surface area contributed by atoms with Crippen LogP contribution in [0.3, 0.4) is 0 Å². The van der Waals surface area contributed by atoms with Gasteiger partial charge in [-0.15, -0.1) is 0 Å². The predicted molar refractivity (Wildman–Crippen MR) is 124 cm³/mol. The second kappa shape index (κ2) is 10.1. The van der Waals surface area contributed by atoms with Crippen molar-refractivity contribution in [1.82, 2.24) is 10.6 Å². The number of carbonyl (C=O) groups excluding carboxylic acids is 2. The standard InChI is InChI=1S/C26H30N2O5/c1-16(10-24(29)27-14-18-11-17(12-18)13-25(30)31)28-26(32)33-15-23-21-8-4-2-6-19(21)20-7-3-5-9-22(20)23/h2-9,16-18,23H,10-15H2,1H3,(H,27,29)(H,28,32)(H,30,31)/t16-,17?,18?/m0/s1. The summed E-state index contributed by atoms with van der Waals surface area (Å²) in [5.41, 5.74) is 4.65. The first-order valence-electron chi connectivity index (χ1n) is 11.5. The Hall–Kier alpha value is -3.35. The van der Waals surface area contributed by atoms with Crippen molar-refractivity contribution < 1.29 is 24.2 Å². The summed E-state index contributed by atoms with van der Waals surface area (Å²) >= 11 is 0. The van der Waals surface area contributed by atoms with Crippen LogP contribution in [0.2, 0.25) is 0 Å². The second-order valence-corrected chi connectivity index (χ2v) is 9.18. The molecule has 1 saturated carbocycles. The Labute approximate surface area is 193 Å². The van der Waals surface area contributed by atoms with E-state index in [1.54, 1.807) is 6.92 Å². The van der Waals surface area contributed by atoms with Crippen LogP contribution >= 0.6 is 0 Å². The first kappa shape index (κ1) is 22.8. The molecule has 2 aliphatic carbocycles. The Balaban J connectivity index is 1.19. The molecule has 174 valence electrons. The van der Waals surface area contributed by atoms with Crippen molar-refractivity contribution in [3.63, 3.8) is 0 Å². The van der Waals surface area contributed by atoms with Gasteiger partial charge in [0.2, 0.25) is 5.91 Å². The Morgan fingerprint density at radius 3 is 2.21 bits per heavy atom. The fraction of sp³-hybridized carbons (Fsp3) is 0.423. The van der Waals surface area contributed by atoms with E-state index in [2.05, 4.69) is 34.9 Å². The number of carboxylic acid groups (broad SMARTS) is 1. The van der Waals surface area contributed by atoms with Crippen LogP contribution in [0.4, 0.5) is 4.79 Å². The van der Waals surface area contributed by atoms with Gasteiger partial charge in [0.15, 0.2) is 0 Å². The van der Waals surface area contributed by atoms with E-state index in [0.29, 0.717) is 12.5 Å². The van der Waals surface area contributed by atoms with E-state index < -0.39 is 12.1 Å². The third-order valence-corrected chi connectivity index (χ3v) is 6.58. The fourth-order valence-corrected chi connectivity index (χ4v) is 4.95. The molecule has 2 aromatic rings. The lowest BCUT2D eigenvalue weighted by atomic mass is 9.73. The predicted octanol–water partition coefficient (Wildman–Crippen LogP) is 3.92. The summed E-state index contributed by atoms with van der Waals surface area (Å²) in [6.45, 7) is 2.55. The summed E-state index contributed by atoms with van der Waals surface area (Å²) in [6, 6.07) is 16.0. The van der Waals surface area contributed by atoms with Gasteiger partial charge in [-0.2, -0.15) is 0 Å². The molecule has 0 aromatic heterocycles. The van der Waals surface area contributed by atoms with E-state index in [9.17, 15) is 14.4 Å². The van der Waals surface area contributed by atoms with Crippen molar-refractivity contribution in [2.24, 2.45) is 11.8 Å². The van der Waals surface area contributed by atoms with Crippen molar-refractivity contribution in [3.8, 4) is 11.1 Å². The number of hydrogen-bond donors (Lipinski definition) is 3. The molecule has 33 heavy (non-hydrogen) atoms. The Morgan fingerprint density at radius 2 is 1.61 bits per heavy atom. The zero-order chi connectivity index (χ0) is 23.4. The largest absolute Gasteiger partial charge is 0.481 e. The third kappa shape index (κ3) is 5.53. The number of benzene rings is 2. The van der Waals surface area contributed by atoms with E-state index in [4.69, 9.17) is 9.84 Å². The highest BCUT2D eigenvalue weighted by Gasteiger charge is 2.31. The number of fused-ring (bicyclic) bond motifs is 3. The average Bonchev–Trinajstić information content (AvgIpc) is 3.07. The number of amides is 2. The maximum atomic E-state index is 12.3. The molecule has 0 aliphatic heterocycles. The van der Waals surface area contributed by atoms with Gasteiger partial charge in [0.05, 0.1) is 0 Å². The van der Waals surface area contributed by atoms with Crippen LogP contribution in [0.25, 0.3) is 11.1 Å². The smallest absolute Gasteiger partial charge is 0.407 e. The van der Waals surface area contributed by atoms with Gasteiger partial charge in [-0.3, -0.25) is 9.59 Å². The maximum absolute atomic E-state index is 12.3. The van der Waals surface area contributed by atoms with Gasteiger partial charge >= 0.3 is 12.1 Å². The van der Waals surface area contributed by atoms with Crippen LogP contribution in [-0.4, -0.2) is 42.3 Å². The highest BCUT2D eigenvalue weighted by molar-refractivity contribution is 5.79. The lowest BCUT2D eigenvalue weighted by Crippen LogP contribution is -2.41. The first-order valence-corrected chi connectivity index (χ1v) is 11.5. The van der Waals surface area contributed by atoms with Crippen LogP contribution in [0.1, 0.15) is 49.7 Å². The fourth-order valence-electron chi connectivity index (χ4n) is 4.95. The summed E-state index contributed by atoms with van der Waals surface area (Å²) in [6.07, 6.45) is 1.49. The van der Waals surface area contributed by atoms with Gasteiger partial charge in [0.25, 0.3) is 0 Å². The van der Waals surface area contributed by atoms with Gasteiger partial charge in [-0.05, 0) is 53.9 Å². The van der Waals surface area contributed by atoms with Crippen molar-refractivity contribution >= 4 is 18.0 Å². The SMILES string of the molecule is C[C@@H](CC(=O)NCC1CC(CC(=O)O)C1)NC(=O)OCC1c2ccccc2-c2ccccc21. The number of nitrogens with one attached hydrogen (secondary N) is 2. The molecule has 1 atom stereocenters. The van der Waals surface area contributed by atoms with Crippen LogP contribution in [0.5, 0.6) is 0 Å². The van der Waals surface area contributed by atoms with Crippen LogP contribution in [-0.2, 0) is 14.3 Å². The van der Waals surface area contributed by atoms with Gasteiger partial charge in [0.1, 0.15) is 6.61 Å². The van der Waals surface area contributed by atoms with Crippen molar-refractivity contribution in [1.29, 1.82) is 0 Å². The molecule has 7 heteroatoms. The molecule has 0 radical (unpaired) electrons. The number of rotatable bonds is 9. The Morgan fingerprint density at radius 1 is 1.00 bits per heavy atom. The molecule has 0 heterocycles. The summed E-state index contributed by atoms with van der Waals surface area (Å²) in [7, 11) is 0. The van der Waals surface area contributed by atoms with E-state index in [1.165, 1.54) is 11.1 Å². The minimum absolute atomic E-state index is 0.00538. The molecule has 0 spiro atoms. The molecule has 4 rings (SSSR count). The van der Waals surface area contributed by atoms with Gasteiger partial charge in [0, 0.05) is 31.3 Å². The average molecular weight is 451 g/mol. The molecule has 7 nitrogen and oxygen atoms in total. The van der Waals surface area contributed by atoms with E-state index in [0.717, 1.165) is 24.0 Å². The van der Waals surface area contributed by atoms with Crippen LogP contribution in [0, 0.1) is 11.8 Å². The summed E-state index contributed by atoms with van der Waals surface area (Å²) in [5, 5.41) is 14.4. The molecule has 3 N–H and O–H groups in total. The molecule has 0 unspecified atom stereocenters. The molecule has 0 bridgehead atoms. The molecular weight excluding hydrogens is 420 g/mol. The molecule has 2 amide bonds.